The van der Waals surface area contributed by atoms with Crippen molar-refractivity contribution in [3.05, 3.63) is 48.0 Å². The molecule has 2 aromatic rings. The lowest BCUT2D eigenvalue weighted by atomic mass is 9.93. The quantitative estimate of drug-likeness (QED) is 0.880. The van der Waals surface area contributed by atoms with Gasteiger partial charge in [-0.25, -0.2) is 4.98 Å². The predicted octanol–water partition coefficient (Wildman–Crippen LogP) is 3.39. The molecule has 22 heavy (non-hydrogen) atoms. The van der Waals surface area contributed by atoms with Crippen LogP contribution in [0.4, 0.5) is 5.69 Å². The molecule has 1 aromatic carbocycles. The molecule has 0 atom stereocenters. The molecule has 1 N–H and O–H groups in total. The minimum Gasteiger partial charge on any atom is -0.371 e. The summed E-state index contributed by atoms with van der Waals surface area (Å²) in [6.45, 7) is 1.99. The Balaban J connectivity index is 1.50. The molecule has 1 aliphatic carbocycles. The van der Waals surface area contributed by atoms with Crippen LogP contribution in [0.2, 0.25) is 0 Å². The highest BCUT2D eigenvalue weighted by Gasteiger charge is 2.33. The van der Waals surface area contributed by atoms with Crippen LogP contribution in [0, 0.1) is 5.92 Å². The van der Waals surface area contributed by atoms with Gasteiger partial charge in [-0.3, -0.25) is 4.79 Å². The lowest BCUT2D eigenvalue weighted by Crippen LogP contribution is -2.34. The number of Topliss-reactive ketones (excluding diaryl/α,β-unsaturated/α-hetero) is 1. The van der Waals surface area contributed by atoms with Gasteiger partial charge in [0.05, 0.1) is 12.0 Å². The van der Waals surface area contributed by atoms with Crippen LogP contribution < -0.4 is 4.90 Å². The molecule has 0 bridgehead atoms. The third kappa shape index (κ3) is 2.54. The minimum atomic E-state index is 0.280. The zero-order valence-corrected chi connectivity index (χ0v) is 12.7. The summed E-state index contributed by atoms with van der Waals surface area (Å²) in [5.41, 5.74) is 3.21. The first kappa shape index (κ1) is 13.6. The number of aromatic amines is 1. The third-order valence-corrected chi connectivity index (χ3v) is 4.89. The molecule has 1 saturated heterocycles. The van der Waals surface area contributed by atoms with Gasteiger partial charge in [0.15, 0.2) is 5.78 Å². The van der Waals surface area contributed by atoms with Gasteiger partial charge in [0, 0.05) is 42.4 Å². The highest BCUT2D eigenvalue weighted by Crippen LogP contribution is 2.37. The number of imidazole rings is 1. The summed E-state index contributed by atoms with van der Waals surface area (Å²) < 4.78 is 0. The Morgan fingerprint density at radius 3 is 2.59 bits per heavy atom. The predicted molar refractivity (Wildman–Crippen MR) is 86.3 cm³/mol. The number of nitrogens with one attached hydrogen (secondary N) is 1. The third-order valence-electron chi connectivity index (χ3n) is 4.89. The first-order valence-electron chi connectivity index (χ1n) is 8.20. The van der Waals surface area contributed by atoms with Crippen molar-refractivity contribution in [2.75, 3.05) is 18.0 Å². The van der Waals surface area contributed by atoms with Gasteiger partial charge in [0.2, 0.25) is 0 Å². The molecule has 1 aliphatic heterocycles. The molecule has 0 spiro atoms. The number of nitrogens with zero attached hydrogens (tertiary/aromatic N) is 2. The number of H-pyrrole nitrogens is 1. The number of anilines is 1. The Morgan fingerprint density at radius 1 is 1.14 bits per heavy atom. The molecular formula is C18H21N3O. The van der Waals surface area contributed by atoms with E-state index in [4.69, 9.17) is 0 Å². The van der Waals surface area contributed by atoms with Crippen molar-refractivity contribution >= 4 is 11.5 Å². The van der Waals surface area contributed by atoms with Crippen LogP contribution in [0.5, 0.6) is 0 Å². The van der Waals surface area contributed by atoms with Crippen LogP contribution in [0.25, 0.3) is 0 Å². The number of carbonyl (C=O) groups is 1. The zero-order chi connectivity index (χ0) is 14.9. The van der Waals surface area contributed by atoms with Crippen LogP contribution >= 0.6 is 0 Å². The number of carbonyl (C=O) groups excluding carboxylic acids is 1. The van der Waals surface area contributed by atoms with Crippen LogP contribution in [0.15, 0.2) is 36.8 Å². The molecule has 2 fully saturated rings. The van der Waals surface area contributed by atoms with Gasteiger partial charge in [0.1, 0.15) is 0 Å². The summed E-state index contributed by atoms with van der Waals surface area (Å²) in [5, 5.41) is 0. The molecule has 1 aromatic heterocycles. The number of hydrogen-bond donors (Lipinski definition) is 1. The molecule has 2 heterocycles. The van der Waals surface area contributed by atoms with E-state index in [0.717, 1.165) is 50.0 Å². The van der Waals surface area contributed by atoms with Crippen molar-refractivity contribution in [2.45, 2.75) is 31.6 Å². The van der Waals surface area contributed by atoms with Gasteiger partial charge in [0.25, 0.3) is 0 Å². The van der Waals surface area contributed by atoms with E-state index in [1.807, 2.05) is 24.4 Å². The summed E-state index contributed by atoms with van der Waals surface area (Å²) in [6.07, 6.45) is 8.08. The number of piperidine rings is 1. The molecule has 0 amide bonds. The van der Waals surface area contributed by atoms with E-state index < -0.39 is 0 Å². The second-order valence-corrected chi connectivity index (χ2v) is 6.41. The van der Waals surface area contributed by atoms with Gasteiger partial charge in [-0.1, -0.05) is 12.1 Å². The standard InChI is InChI=1S/C18H21N3O/c22-18(14-5-6-14)15-3-1-2-4-17(15)21-9-7-13(8-10-21)16-11-19-12-20-16/h1-4,11-14H,5-10H2,(H,19,20). The summed E-state index contributed by atoms with van der Waals surface area (Å²) in [4.78, 5) is 22.3. The molecule has 2 aliphatic rings. The smallest absolute Gasteiger partial charge is 0.168 e. The second-order valence-electron chi connectivity index (χ2n) is 6.41. The highest BCUT2D eigenvalue weighted by atomic mass is 16.1. The van der Waals surface area contributed by atoms with Gasteiger partial charge in [-0.05, 0) is 37.8 Å². The fourth-order valence-electron chi connectivity index (χ4n) is 3.43. The van der Waals surface area contributed by atoms with Crippen molar-refractivity contribution in [3.63, 3.8) is 0 Å². The molecule has 4 nitrogen and oxygen atoms in total. The maximum atomic E-state index is 12.5. The van der Waals surface area contributed by atoms with Gasteiger partial charge >= 0.3 is 0 Å². The molecule has 4 rings (SSSR count). The van der Waals surface area contributed by atoms with Gasteiger partial charge < -0.3 is 9.88 Å². The van der Waals surface area contributed by atoms with Gasteiger partial charge in [-0.2, -0.15) is 0 Å². The molecule has 1 saturated carbocycles. The molecule has 0 radical (unpaired) electrons. The van der Waals surface area contributed by atoms with E-state index in [0.29, 0.717) is 11.7 Å². The van der Waals surface area contributed by atoms with Crippen molar-refractivity contribution in [3.8, 4) is 0 Å². The average Bonchev–Trinajstić information content (AvgIpc) is 3.29. The van der Waals surface area contributed by atoms with E-state index in [1.165, 1.54) is 5.69 Å². The van der Waals surface area contributed by atoms with E-state index in [-0.39, 0.29) is 5.92 Å². The van der Waals surface area contributed by atoms with Crippen molar-refractivity contribution in [1.29, 1.82) is 0 Å². The van der Waals surface area contributed by atoms with E-state index in [1.54, 1.807) is 6.33 Å². The normalized spacial score (nSPS) is 19.4. The summed E-state index contributed by atoms with van der Waals surface area (Å²) in [6, 6.07) is 8.12. The van der Waals surface area contributed by atoms with Crippen LogP contribution in [-0.2, 0) is 0 Å². The first-order valence-corrected chi connectivity index (χ1v) is 8.20. The van der Waals surface area contributed by atoms with Crippen molar-refractivity contribution in [2.24, 2.45) is 5.92 Å². The van der Waals surface area contributed by atoms with Crippen LogP contribution in [-0.4, -0.2) is 28.8 Å². The fraction of sp³-hybridized carbons (Fsp3) is 0.444. The number of aromatic nitrogens is 2. The molecule has 114 valence electrons. The Bertz CT molecular complexity index is 653. The van der Waals surface area contributed by atoms with Crippen molar-refractivity contribution < 1.29 is 4.79 Å². The number of para-hydroxylation sites is 1. The molecular weight excluding hydrogens is 274 g/mol. The summed E-state index contributed by atoms with van der Waals surface area (Å²) in [7, 11) is 0. The largest absolute Gasteiger partial charge is 0.371 e. The van der Waals surface area contributed by atoms with Crippen molar-refractivity contribution in [1.82, 2.24) is 9.97 Å². The SMILES string of the molecule is O=C(c1ccccc1N1CCC(c2c[nH]cn2)CC1)C1CC1. The maximum absolute atomic E-state index is 12.5. The zero-order valence-electron chi connectivity index (χ0n) is 12.7. The van der Waals surface area contributed by atoms with Crippen LogP contribution in [0.1, 0.15) is 47.7 Å². The van der Waals surface area contributed by atoms with Gasteiger partial charge in [-0.15, -0.1) is 0 Å². The number of rotatable bonds is 4. The van der Waals surface area contributed by atoms with E-state index in [2.05, 4.69) is 20.9 Å². The number of benzene rings is 1. The van der Waals surface area contributed by atoms with E-state index in [9.17, 15) is 4.79 Å². The minimum absolute atomic E-state index is 0.280. The average molecular weight is 295 g/mol. The lowest BCUT2D eigenvalue weighted by Gasteiger charge is -2.34. The Morgan fingerprint density at radius 2 is 1.91 bits per heavy atom. The Labute approximate surface area is 130 Å². The highest BCUT2D eigenvalue weighted by molar-refractivity contribution is 6.04. The number of hydrogen-bond acceptors (Lipinski definition) is 3. The van der Waals surface area contributed by atoms with Crippen LogP contribution in [0.3, 0.4) is 0 Å². The summed E-state index contributed by atoms with van der Waals surface area (Å²) in [5.74, 6) is 1.15. The second kappa shape index (κ2) is 5.59. The monoisotopic (exact) mass is 295 g/mol. The molecule has 4 heteroatoms. The first-order chi connectivity index (χ1) is 10.8. The topological polar surface area (TPSA) is 49.0 Å². The molecule has 0 unspecified atom stereocenters. The lowest BCUT2D eigenvalue weighted by molar-refractivity contribution is 0.0968. The van der Waals surface area contributed by atoms with E-state index >= 15 is 0 Å². The summed E-state index contributed by atoms with van der Waals surface area (Å²) >= 11 is 0. The maximum Gasteiger partial charge on any atom is 0.168 e. The fourth-order valence-corrected chi connectivity index (χ4v) is 3.43. The Hall–Kier alpha value is -2.10. The number of ketones is 1. The Kier molecular flexibility index (Phi) is 3.45.